The number of amides is 2. The molecule has 3 heterocycles. The predicted molar refractivity (Wildman–Crippen MR) is 113 cm³/mol. The van der Waals surface area contributed by atoms with Gasteiger partial charge in [0, 0.05) is 17.7 Å². The van der Waals surface area contributed by atoms with Gasteiger partial charge in [-0.25, -0.2) is 9.29 Å². The van der Waals surface area contributed by atoms with Crippen molar-refractivity contribution in [1.82, 2.24) is 4.90 Å². The summed E-state index contributed by atoms with van der Waals surface area (Å²) in [6.07, 6.45) is 1.47. The number of fused-ring (bicyclic) bond motifs is 3. The number of hydrogen-bond donors (Lipinski definition) is 0. The van der Waals surface area contributed by atoms with E-state index in [0.29, 0.717) is 13.0 Å². The van der Waals surface area contributed by atoms with Crippen LogP contribution in [0.25, 0.3) is 0 Å². The van der Waals surface area contributed by atoms with Gasteiger partial charge in [0.2, 0.25) is 11.8 Å². The molecule has 2 amide bonds. The van der Waals surface area contributed by atoms with Gasteiger partial charge in [-0.1, -0.05) is 0 Å². The summed E-state index contributed by atoms with van der Waals surface area (Å²) in [6, 6.07) is 7.74. The average Bonchev–Trinajstić information content (AvgIpc) is 3.45. The standard InChI is InChI=1S/C23H20FN3O6/c1-33-17-11-14(27(31)32)8-9-15(17)26-22(29)18-16-3-2-10-25(16)20(19(18)23(26)30)21(28)12-4-6-13(24)7-5-12/h4-9,11,16,18-20H,2-3,10H2,1H3/t16-,18+,19+,20-/m1/s1. The van der Waals surface area contributed by atoms with E-state index >= 15 is 0 Å². The second-order valence-corrected chi connectivity index (χ2v) is 8.44. The van der Waals surface area contributed by atoms with E-state index in [1.54, 1.807) is 0 Å². The largest absolute Gasteiger partial charge is 0.494 e. The summed E-state index contributed by atoms with van der Waals surface area (Å²) < 4.78 is 18.6. The number of nitro groups is 1. The molecule has 0 saturated carbocycles. The van der Waals surface area contributed by atoms with Crippen molar-refractivity contribution >= 4 is 29.0 Å². The maximum atomic E-state index is 13.6. The summed E-state index contributed by atoms with van der Waals surface area (Å²) in [5.74, 6) is -3.34. The highest BCUT2D eigenvalue weighted by molar-refractivity contribution is 6.25. The predicted octanol–water partition coefficient (Wildman–Crippen LogP) is 2.58. The summed E-state index contributed by atoms with van der Waals surface area (Å²) in [4.78, 5) is 54.0. The van der Waals surface area contributed by atoms with E-state index in [-0.39, 0.29) is 34.5 Å². The Bertz CT molecular complexity index is 1180. The first kappa shape index (κ1) is 21.2. The second kappa shape index (κ2) is 7.73. The molecule has 0 aliphatic carbocycles. The first-order valence-corrected chi connectivity index (χ1v) is 10.6. The Morgan fingerprint density at radius 2 is 1.82 bits per heavy atom. The second-order valence-electron chi connectivity index (χ2n) is 8.44. The van der Waals surface area contributed by atoms with E-state index in [4.69, 9.17) is 4.74 Å². The van der Waals surface area contributed by atoms with Crippen LogP contribution in [-0.4, -0.2) is 53.2 Å². The van der Waals surface area contributed by atoms with Crippen LogP contribution < -0.4 is 9.64 Å². The van der Waals surface area contributed by atoms with Crippen LogP contribution in [-0.2, 0) is 9.59 Å². The Labute approximate surface area is 187 Å². The van der Waals surface area contributed by atoms with Gasteiger partial charge in [0.05, 0.1) is 41.7 Å². The number of halogens is 1. The van der Waals surface area contributed by atoms with Gasteiger partial charge in [0.1, 0.15) is 11.6 Å². The molecule has 0 unspecified atom stereocenters. The lowest BCUT2D eigenvalue weighted by atomic mass is 9.85. The quantitative estimate of drug-likeness (QED) is 0.296. The molecule has 2 aromatic rings. The van der Waals surface area contributed by atoms with Crippen LogP contribution >= 0.6 is 0 Å². The number of ether oxygens (including phenoxy) is 1. The average molecular weight is 453 g/mol. The van der Waals surface area contributed by atoms with Crippen LogP contribution in [0.5, 0.6) is 5.75 Å². The van der Waals surface area contributed by atoms with Gasteiger partial charge in [-0.3, -0.25) is 29.4 Å². The van der Waals surface area contributed by atoms with Gasteiger partial charge in [0.25, 0.3) is 5.69 Å². The van der Waals surface area contributed by atoms with Crippen molar-refractivity contribution in [3.63, 3.8) is 0 Å². The van der Waals surface area contributed by atoms with E-state index in [1.807, 2.05) is 4.90 Å². The molecule has 10 heteroatoms. The van der Waals surface area contributed by atoms with Crippen molar-refractivity contribution in [2.75, 3.05) is 18.6 Å². The third kappa shape index (κ3) is 3.12. The molecule has 0 aromatic heterocycles. The molecule has 0 radical (unpaired) electrons. The molecule has 0 spiro atoms. The van der Waals surface area contributed by atoms with Crippen molar-refractivity contribution in [1.29, 1.82) is 0 Å². The Morgan fingerprint density at radius 3 is 2.48 bits per heavy atom. The lowest BCUT2D eigenvalue weighted by Gasteiger charge is -2.28. The number of nitrogens with zero attached hydrogens (tertiary/aromatic N) is 3. The number of anilines is 1. The van der Waals surface area contributed by atoms with Crippen molar-refractivity contribution in [3.05, 3.63) is 64.0 Å². The topological polar surface area (TPSA) is 110 Å². The molecule has 9 nitrogen and oxygen atoms in total. The molecule has 5 rings (SSSR count). The minimum Gasteiger partial charge on any atom is -0.494 e. The number of imide groups is 1. The Hall–Kier alpha value is -3.66. The number of non-ortho nitro benzene ring substituents is 1. The van der Waals surface area contributed by atoms with Crippen molar-refractivity contribution < 1.29 is 28.4 Å². The van der Waals surface area contributed by atoms with Crippen LogP contribution in [0.4, 0.5) is 15.8 Å². The molecule has 3 aliphatic rings. The molecule has 0 bridgehead atoms. The zero-order chi connectivity index (χ0) is 23.4. The van der Waals surface area contributed by atoms with Gasteiger partial charge >= 0.3 is 0 Å². The SMILES string of the molecule is COc1cc([N+](=O)[O-])ccc1N1C(=O)[C@@H]2[C@H](C1=O)[C@H](C(=O)c1ccc(F)cc1)N1CCC[C@H]21. The summed E-state index contributed by atoms with van der Waals surface area (Å²) >= 11 is 0. The van der Waals surface area contributed by atoms with E-state index in [1.165, 1.54) is 43.5 Å². The van der Waals surface area contributed by atoms with Crippen molar-refractivity contribution in [2.45, 2.75) is 24.9 Å². The molecule has 0 N–H and O–H groups in total. The summed E-state index contributed by atoms with van der Waals surface area (Å²) in [5.41, 5.74) is 0.158. The number of carbonyl (C=O) groups is 3. The van der Waals surface area contributed by atoms with E-state index in [9.17, 15) is 28.9 Å². The van der Waals surface area contributed by atoms with Crippen LogP contribution in [0, 0.1) is 27.8 Å². The lowest BCUT2D eigenvalue weighted by molar-refractivity contribution is -0.384. The number of Topliss-reactive ketones (excluding diaryl/α,β-unsaturated/α-hetero) is 1. The van der Waals surface area contributed by atoms with E-state index in [0.717, 1.165) is 17.4 Å². The van der Waals surface area contributed by atoms with E-state index in [2.05, 4.69) is 0 Å². The number of ketones is 1. The van der Waals surface area contributed by atoms with Crippen molar-refractivity contribution in [2.24, 2.45) is 11.8 Å². The first-order chi connectivity index (χ1) is 15.8. The molecule has 3 saturated heterocycles. The monoisotopic (exact) mass is 453 g/mol. The number of benzene rings is 2. The highest BCUT2D eigenvalue weighted by atomic mass is 19.1. The molecule has 4 atom stereocenters. The van der Waals surface area contributed by atoms with Crippen molar-refractivity contribution in [3.8, 4) is 5.75 Å². The minimum atomic E-state index is -0.889. The number of carbonyl (C=O) groups excluding carboxylic acids is 3. The highest BCUT2D eigenvalue weighted by Crippen LogP contribution is 2.49. The number of hydrogen-bond acceptors (Lipinski definition) is 7. The van der Waals surface area contributed by atoms with Gasteiger partial charge in [0.15, 0.2) is 5.78 Å². The fourth-order valence-electron chi connectivity index (χ4n) is 5.50. The molecular weight excluding hydrogens is 433 g/mol. The normalized spacial score (nSPS) is 26.4. The first-order valence-electron chi connectivity index (χ1n) is 10.6. The molecule has 2 aromatic carbocycles. The number of rotatable bonds is 5. The summed E-state index contributed by atoms with van der Waals surface area (Å²) in [6.45, 7) is 0.594. The summed E-state index contributed by atoms with van der Waals surface area (Å²) in [5, 5.41) is 11.1. The van der Waals surface area contributed by atoms with Crippen LogP contribution in [0.15, 0.2) is 42.5 Å². The number of nitro benzene ring substituents is 1. The van der Waals surface area contributed by atoms with E-state index < -0.39 is 40.4 Å². The smallest absolute Gasteiger partial charge is 0.273 e. The number of methoxy groups -OCH3 is 1. The van der Waals surface area contributed by atoms with Gasteiger partial charge in [-0.2, -0.15) is 0 Å². The lowest BCUT2D eigenvalue weighted by Crippen LogP contribution is -2.46. The maximum absolute atomic E-state index is 13.6. The molecule has 3 aliphatic heterocycles. The third-order valence-electron chi connectivity index (χ3n) is 6.86. The zero-order valence-electron chi connectivity index (χ0n) is 17.6. The third-order valence-corrected chi connectivity index (χ3v) is 6.86. The fourth-order valence-corrected chi connectivity index (χ4v) is 5.50. The van der Waals surface area contributed by atoms with Gasteiger partial charge in [-0.15, -0.1) is 0 Å². The Balaban J connectivity index is 1.55. The minimum absolute atomic E-state index is 0.0237. The molecule has 3 fully saturated rings. The van der Waals surface area contributed by atoms with Crippen LogP contribution in [0.2, 0.25) is 0 Å². The Kier molecular flexibility index (Phi) is 4.97. The van der Waals surface area contributed by atoms with Crippen LogP contribution in [0.3, 0.4) is 0 Å². The maximum Gasteiger partial charge on any atom is 0.273 e. The molecular formula is C23H20FN3O6. The summed E-state index contributed by atoms with van der Waals surface area (Å²) in [7, 11) is 1.30. The molecule has 170 valence electrons. The van der Waals surface area contributed by atoms with Gasteiger partial charge < -0.3 is 4.74 Å². The molecule has 33 heavy (non-hydrogen) atoms. The Morgan fingerprint density at radius 1 is 1.12 bits per heavy atom. The highest BCUT2D eigenvalue weighted by Gasteiger charge is 2.65. The fraction of sp³-hybridized carbons (Fsp3) is 0.348. The zero-order valence-corrected chi connectivity index (χ0v) is 17.6. The van der Waals surface area contributed by atoms with Crippen LogP contribution in [0.1, 0.15) is 23.2 Å². The van der Waals surface area contributed by atoms with Gasteiger partial charge in [-0.05, 0) is 49.7 Å².